The highest BCUT2D eigenvalue weighted by Gasteiger charge is 2.05. The van der Waals surface area contributed by atoms with Crippen LogP contribution in [-0.4, -0.2) is 19.3 Å². The number of benzene rings is 1. The third-order valence-corrected chi connectivity index (χ3v) is 3.22. The van der Waals surface area contributed by atoms with Gasteiger partial charge in [-0.15, -0.1) is 0 Å². The summed E-state index contributed by atoms with van der Waals surface area (Å²) in [6.45, 7) is 3.49. The van der Waals surface area contributed by atoms with E-state index in [1.54, 1.807) is 4.57 Å². The standard InChI is InChI=1S/C14H16N4O/c1-11-7-10-17(16-11)8-4-9-18-13-6-3-2-5-12(13)15-14(18)19/h2-3,5-7,10H,4,8-9H2,1H3,(H,15,19). The minimum absolute atomic E-state index is 0.0437. The maximum absolute atomic E-state index is 11.9. The van der Waals surface area contributed by atoms with Crippen molar-refractivity contribution in [3.63, 3.8) is 0 Å². The van der Waals surface area contributed by atoms with Crippen LogP contribution in [0, 0.1) is 6.92 Å². The van der Waals surface area contributed by atoms with Crippen molar-refractivity contribution >= 4 is 11.0 Å². The monoisotopic (exact) mass is 256 g/mol. The second-order valence-electron chi connectivity index (χ2n) is 4.67. The second kappa shape index (κ2) is 4.76. The van der Waals surface area contributed by atoms with E-state index in [1.165, 1.54) is 0 Å². The lowest BCUT2D eigenvalue weighted by Crippen LogP contribution is -2.17. The Morgan fingerprint density at radius 1 is 1.21 bits per heavy atom. The largest absolute Gasteiger partial charge is 0.326 e. The topological polar surface area (TPSA) is 55.6 Å². The van der Waals surface area contributed by atoms with Crippen LogP contribution >= 0.6 is 0 Å². The minimum atomic E-state index is -0.0437. The fourth-order valence-electron chi connectivity index (χ4n) is 2.31. The van der Waals surface area contributed by atoms with Crippen molar-refractivity contribution in [2.75, 3.05) is 0 Å². The Bertz CT molecular complexity index is 750. The van der Waals surface area contributed by atoms with Gasteiger partial charge in [-0.2, -0.15) is 5.10 Å². The van der Waals surface area contributed by atoms with Crippen LogP contribution in [0.15, 0.2) is 41.3 Å². The van der Waals surface area contributed by atoms with Crippen LogP contribution in [0.5, 0.6) is 0 Å². The molecule has 0 fully saturated rings. The Morgan fingerprint density at radius 3 is 2.84 bits per heavy atom. The van der Waals surface area contributed by atoms with Gasteiger partial charge >= 0.3 is 5.69 Å². The number of hydrogen-bond donors (Lipinski definition) is 1. The van der Waals surface area contributed by atoms with Crippen molar-refractivity contribution in [2.45, 2.75) is 26.4 Å². The van der Waals surface area contributed by atoms with Crippen molar-refractivity contribution in [3.8, 4) is 0 Å². The average molecular weight is 256 g/mol. The van der Waals surface area contributed by atoms with Crippen molar-refractivity contribution < 1.29 is 0 Å². The van der Waals surface area contributed by atoms with Crippen molar-refractivity contribution in [1.29, 1.82) is 0 Å². The Balaban J connectivity index is 1.75. The number of imidazole rings is 1. The molecule has 0 saturated carbocycles. The molecule has 0 bridgehead atoms. The van der Waals surface area contributed by atoms with E-state index in [-0.39, 0.29) is 5.69 Å². The molecule has 0 aliphatic rings. The number of aromatic nitrogens is 4. The molecule has 0 radical (unpaired) electrons. The van der Waals surface area contributed by atoms with E-state index in [0.29, 0.717) is 6.54 Å². The zero-order valence-corrected chi connectivity index (χ0v) is 10.8. The SMILES string of the molecule is Cc1ccn(CCCn2c(=O)[nH]c3ccccc32)n1. The predicted octanol–water partition coefficient (Wildman–Crippen LogP) is 1.92. The lowest BCUT2D eigenvalue weighted by molar-refractivity contribution is 0.524. The van der Waals surface area contributed by atoms with Crippen LogP contribution in [-0.2, 0) is 13.1 Å². The number of H-pyrrole nitrogens is 1. The van der Waals surface area contributed by atoms with Gasteiger partial charge in [-0.3, -0.25) is 9.25 Å². The Labute approximate surface area is 110 Å². The van der Waals surface area contributed by atoms with E-state index < -0.39 is 0 Å². The molecule has 2 heterocycles. The van der Waals surface area contributed by atoms with E-state index >= 15 is 0 Å². The summed E-state index contributed by atoms with van der Waals surface area (Å²) >= 11 is 0. The molecule has 98 valence electrons. The quantitative estimate of drug-likeness (QED) is 0.775. The van der Waals surface area contributed by atoms with Crippen molar-refractivity contribution in [3.05, 3.63) is 52.7 Å². The van der Waals surface area contributed by atoms with E-state index in [0.717, 1.165) is 29.7 Å². The van der Waals surface area contributed by atoms with Crippen LogP contribution in [0.25, 0.3) is 11.0 Å². The minimum Gasteiger partial charge on any atom is -0.306 e. The molecule has 0 unspecified atom stereocenters. The summed E-state index contributed by atoms with van der Waals surface area (Å²) in [5.74, 6) is 0. The summed E-state index contributed by atoms with van der Waals surface area (Å²) < 4.78 is 3.70. The summed E-state index contributed by atoms with van der Waals surface area (Å²) in [5, 5.41) is 4.34. The van der Waals surface area contributed by atoms with Crippen LogP contribution in [0.3, 0.4) is 0 Å². The third-order valence-electron chi connectivity index (χ3n) is 3.22. The lowest BCUT2D eigenvalue weighted by Gasteiger charge is -2.04. The predicted molar refractivity (Wildman–Crippen MR) is 74.1 cm³/mol. The summed E-state index contributed by atoms with van der Waals surface area (Å²) in [5.41, 5.74) is 2.83. The van der Waals surface area contributed by atoms with Gasteiger partial charge in [-0.25, -0.2) is 4.79 Å². The first-order valence-electron chi connectivity index (χ1n) is 6.41. The lowest BCUT2D eigenvalue weighted by atomic mass is 10.3. The number of fused-ring (bicyclic) bond motifs is 1. The molecule has 0 amide bonds. The maximum atomic E-state index is 11.9. The van der Waals surface area contributed by atoms with E-state index in [1.807, 2.05) is 48.1 Å². The molecule has 0 saturated heterocycles. The highest BCUT2D eigenvalue weighted by molar-refractivity contribution is 5.74. The Hall–Kier alpha value is -2.30. The highest BCUT2D eigenvalue weighted by atomic mass is 16.1. The van der Waals surface area contributed by atoms with Crippen molar-refractivity contribution in [2.24, 2.45) is 0 Å². The molecular formula is C14H16N4O. The summed E-state index contributed by atoms with van der Waals surface area (Å²) in [7, 11) is 0. The highest BCUT2D eigenvalue weighted by Crippen LogP contribution is 2.09. The fraction of sp³-hybridized carbons (Fsp3) is 0.286. The van der Waals surface area contributed by atoms with Crippen LogP contribution in [0.2, 0.25) is 0 Å². The Kier molecular flexibility index (Phi) is 2.95. The van der Waals surface area contributed by atoms with E-state index in [9.17, 15) is 4.79 Å². The molecular weight excluding hydrogens is 240 g/mol. The molecule has 19 heavy (non-hydrogen) atoms. The number of aryl methyl sites for hydroxylation is 3. The van der Waals surface area contributed by atoms with Gasteiger partial charge in [-0.1, -0.05) is 12.1 Å². The average Bonchev–Trinajstić information content (AvgIpc) is 2.94. The summed E-state index contributed by atoms with van der Waals surface area (Å²) in [4.78, 5) is 14.7. The summed E-state index contributed by atoms with van der Waals surface area (Å²) in [6, 6.07) is 9.74. The van der Waals surface area contributed by atoms with Gasteiger partial charge in [0.05, 0.1) is 16.7 Å². The first-order chi connectivity index (χ1) is 9.24. The zero-order chi connectivity index (χ0) is 13.2. The number of para-hydroxylation sites is 2. The molecule has 0 spiro atoms. The van der Waals surface area contributed by atoms with E-state index in [2.05, 4.69) is 10.1 Å². The molecule has 0 aliphatic carbocycles. The molecule has 5 nitrogen and oxygen atoms in total. The molecule has 2 aromatic heterocycles. The second-order valence-corrected chi connectivity index (χ2v) is 4.67. The molecule has 1 aromatic carbocycles. The van der Waals surface area contributed by atoms with Gasteiger partial charge in [0, 0.05) is 19.3 Å². The number of aromatic amines is 1. The zero-order valence-electron chi connectivity index (χ0n) is 10.8. The van der Waals surface area contributed by atoms with Crippen molar-refractivity contribution in [1.82, 2.24) is 19.3 Å². The first-order valence-corrected chi connectivity index (χ1v) is 6.41. The van der Waals surface area contributed by atoms with Gasteiger partial charge in [0.1, 0.15) is 0 Å². The smallest absolute Gasteiger partial charge is 0.306 e. The molecule has 0 aliphatic heterocycles. The first kappa shape index (κ1) is 11.8. The number of hydrogen-bond acceptors (Lipinski definition) is 2. The fourth-order valence-corrected chi connectivity index (χ4v) is 2.31. The molecule has 0 atom stereocenters. The van der Waals surface area contributed by atoms with Crippen LogP contribution in [0.1, 0.15) is 12.1 Å². The summed E-state index contributed by atoms with van der Waals surface area (Å²) in [6.07, 6.45) is 2.84. The van der Waals surface area contributed by atoms with Gasteiger partial charge in [0.2, 0.25) is 0 Å². The number of nitrogens with one attached hydrogen (secondary N) is 1. The normalized spacial score (nSPS) is 11.2. The number of rotatable bonds is 4. The van der Waals surface area contributed by atoms with Gasteiger partial charge < -0.3 is 4.98 Å². The number of nitrogens with zero attached hydrogens (tertiary/aromatic N) is 3. The van der Waals surface area contributed by atoms with Crippen LogP contribution < -0.4 is 5.69 Å². The molecule has 3 rings (SSSR count). The van der Waals surface area contributed by atoms with Crippen LogP contribution in [0.4, 0.5) is 0 Å². The molecule has 1 N–H and O–H groups in total. The van der Waals surface area contributed by atoms with Gasteiger partial charge in [-0.05, 0) is 31.5 Å². The maximum Gasteiger partial charge on any atom is 0.326 e. The van der Waals surface area contributed by atoms with Gasteiger partial charge in [0.25, 0.3) is 0 Å². The Morgan fingerprint density at radius 2 is 2.05 bits per heavy atom. The molecule has 5 heteroatoms. The van der Waals surface area contributed by atoms with E-state index in [4.69, 9.17) is 0 Å². The van der Waals surface area contributed by atoms with Gasteiger partial charge in [0.15, 0.2) is 0 Å². The third kappa shape index (κ3) is 2.31. The molecule has 3 aromatic rings.